The predicted octanol–water partition coefficient (Wildman–Crippen LogP) is 7.18. The zero-order chi connectivity index (χ0) is 33.1. The minimum absolute atomic E-state index is 0. The second-order valence-electron chi connectivity index (χ2n) is 13.6. The summed E-state index contributed by atoms with van der Waals surface area (Å²) < 4.78 is 15.4. The Hall–Kier alpha value is -5.72. The van der Waals surface area contributed by atoms with E-state index in [9.17, 15) is 0 Å². The van der Waals surface area contributed by atoms with Crippen molar-refractivity contribution in [1.29, 1.82) is 0 Å². The zero-order valence-electron chi connectivity index (χ0n) is 27.7. The van der Waals surface area contributed by atoms with E-state index < -0.39 is 0 Å². The maximum atomic E-state index is 6.88. The Balaban J connectivity index is 0.00000327. The molecule has 9 heteroatoms. The van der Waals surface area contributed by atoms with Crippen molar-refractivity contribution in [3.05, 3.63) is 157 Å². The second kappa shape index (κ2) is 10.9. The van der Waals surface area contributed by atoms with E-state index in [1.807, 2.05) is 23.0 Å². The molecular formula is C42H28BN6OPt. The minimum atomic E-state index is -0.344. The van der Waals surface area contributed by atoms with Gasteiger partial charge in [0.15, 0.2) is 0 Å². The number of nitrogens with zero attached hydrogens (tertiary/aromatic N) is 6. The van der Waals surface area contributed by atoms with Gasteiger partial charge in [-0.1, -0.05) is 122 Å². The molecule has 4 aromatic heterocycles. The van der Waals surface area contributed by atoms with E-state index in [1.165, 1.54) is 22.3 Å². The average Bonchev–Trinajstić information content (AvgIpc) is 3.83. The van der Waals surface area contributed by atoms with Crippen LogP contribution < -0.4 is 14.6 Å². The van der Waals surface area contributed by atoms with Gasteiger partial charge >= 0.3 is 13.2 Å². The topological polar surface area (TPSA) is 53.4 Å². The number of benzene rings is 5. The van der Waals surface area contributed by atoms with Gasteiger partial charge in [0, 0.05) is 50.0 Å². The molecule has 0 saturated carbocycles. The molecule has 7 nitrogen and oxygen atoms in total. The molecule has 0 saturated heterocycles. The average molecular weight is 839 g/mol. The third kappa shape index (κ3) is 4.14. The van der Waals surface area contributed by atoms with Gasteiger partial charge in [0.2, 0.25) is 0 Å². The molecule has 9 aromatic rings. The van der Waals surface area contributed by atoms with Crippen molar-refractivity contribution in [2.24, 2.45) is 0 Å². The summed E-state index contributed by atoms with van der Waals surface area (Å²) in [4.78, 5) is 9.97. The molecule has 5 aromatic carbocycles. The molecule has 2 aliphatic heterocycles. The van der Waals surface area contributed by atoms with Crippen LogP contribution in [0.1, 0.15) is 30.5 Å². The summed E-state index contributed by atoms with van der Waals surface area (Å²) in [6.07, 6.45) is 9.53. The molecule has 2 aliphatic rings. The van der Waals surface area contributed by atoms with Gasteiger partial charge in [0.1, 0.15) is 16.8 Å². The molecule has 0 aliphatic carbocycles. The van der Waals surface area contributed by atoms with Crippen LogP contribution in [0.15, 0.2) is 134 Å². The zero-order valence-corrected chi connectivity index (χ0v) is 30.0. The summed E-state index contributed by atoms with van der Waals surface area (Å²) in [5.74, 6) is 2.58. The van der Waals surface area contributed by atoms with E-state index >= 15 is 0 Å². The van der Waals surface area contributed by atoms with Crippen LogP contribution in [-0.2, 0) is 26.5 Å². The maximum Gasteiger partial charge on any atom is 0.393 e. The molecule has 6 heterocycles. The fraction of sp³-hybridized carbons (Fsp3) is 0.0714. The first-order valence-corrected chi connectivity index (χ1v) is 16.8. The summed E-state index contributed by atoms with van der Waals surface area (Å²) in [6.45, 7) is 4.55. The van der Waals surface area contributed by atoms with Gasteiger partial charge in [-0.25, -0.2) is 0 Å². The van der Waals surface area contributed by atoms with E-state index in [0.717, 1.165) is 55.8 Å². The summed E-state index contributed by atoms with van der Waals surface area (Å²) in [6, 6.07) is 40.6. The van der Waals surface area contributed by atoms with Crippen LogP contribution in [0.5, 0.6) is 5.88 Å². The van der Waals surface area contributed by atoms with Crippen molar-refractivity contribution in [1.82, 2.24) is 23.4 Å². The molecule has 0 bridgehead atoms. The largest absolute Gasteiger partial charge is 0.445 e. The first-order chi connectivity index (χ1) is 24.6. The standard InChI is InChI=1S/C42H28BN6O.Pt/c1-42(2)31-16-7-5-14-30(31)36(25-48-39-32(42)17-10-20-35(39)47-24-22-44-40(47)48)50-37-21-23-46-34-19-9-15-29-27-12-4-3-11-26(27)28-13-6-8-18-33(28)43-49(38(29)34)41(46)45-37;/h3-24H,1-2H3;. The van der Waals surface area contributed by atoms with E-state index in [1.54, 1.807) is 0 Å². The number of hydrogen-bond donors (Lipinski definition) is 0. The fourth-order valence-electron chi connectivity index (χ4n) is 8.21. The van der Waals surface area contributed by atoms with Gasteiger partial charge in [-0.3, -0.25) is 9.46 Å². The number of ether oxygens (including phenoxy) is 1. The SMILES string of the molecule is CC1(C)c2ccccc2C(Oc2cc[n+]3c4cccc5c4n(c3n2)[B]c2ccccc2-c2ccccc2-5)=[C-]n2c3c1cccc3n1ccnc21.[Pt]. The Morgan fingerprint density at radius 1 is 0.725 bits per heavy atom. The number of fused-ring (bicyclic) bond motifs is 11. The van der Waals surface area contributed by atoms with Crippen molar-refractivity contribution >= 4 is 52.3 Å². The minimum Gasteiger partial charge on any atom is -0.445 e. The third-order valence-corrected chi connectivity index (χ3v) is 10.5. The Morgan fingerprint density at radius 2 is 1.43 bits per heavy atom. The van der Waals surface area contributed by atoms with Crippen LogP contribution in [0.25, 0.3) is 61.6 Å². The Bertz CT molecular complexity index is 2930. The number of rotatable bonds is 2. The van der Waals surface area contributed by atoms with E-state index in [4.69, 9.17) is 14.7 Å². The van der Waals surface area contributed by atoms with Crippen LogP contribution in [0.2, 0.25) is 0 Å². The first kappa shape index (κ1) is 30.1. The third-order valence-electron chi connectivity index (χ3n) is 10.5. The Kier molecular flexibility index (Phi) is 6.43. The molecule has 245 valence electrons. The van der Waals surface area contributed by atoms with E-state index in [-0.39, 0.29) is 26.5 Å². The number of imidazole rings is 3. The molecular weight excluding hydrogens is 810 g/mol. The van der Waals surface area contributed by atoms with Gasteiger partial charge < -0.3 is 13.7 Å². The van der Waals surface area contributed by atoms with Crippen molar-refractivity contribution in [3.8, 4) is 28.1 Å². The Labute approximate surface area is 308 Å². The number of para-hydroxylation sites is 2. The monoisotopic (exact) mass is 838 g/mol. The normalized spacial score (nSPS) is 14.0. The van der Waals surface area contributed by atoms with Gasteiger partial charge in [0.05, 0.1) is 18.0 Å². The summed E-state index contributed by atoms with van der Waals surface area (Å²) >= 11 is 0. The smallest absolute Gasteiger partial charge is 0.393 e. The summed E-state index contributed by atoms with van der Waals surface area (Å²) in [7, 11) is 2.20. The molecule has 0 fully saturated rings. The van der Waals surface area contributed by atoms with Gasteiger partial charge in [-0.15, -0.1) is 0 Å². The van der Waals surface area contributed by atoms with Crippen LogP contribution in [-0.4, -0.2) is 30.8 Å². The second-order valence-corrected chi connectivity index (χ2v) is 13.6. The van der Waals surface area contributed by atoms with Gasteiger partial charge in [-0.05, 0) is 56.5 Å². The Morgan fingerprint density at radius 3 is 2.29 bits per heavy atom. The van der Waals surface area contributed by atoms with Crippen LogP contribution in [0.3, 0.4) is 0 Å². The van der Waals surface area contributed by atoms with Crippen molar-refractivity contribution in [3.63, 3.8) is 0 Å². The molecule has 0 atom stereocenters. The van der Waals surface area contributed by atoms with Crippen molar-refractivity contribution < 1.29 is 30.2 Å². The van der Waals surface area contributed by atoms with E-state index in [2.05, 4.69) is 156 Å². The molecule has 0 amide bonds. The van der Waals surface area contributed by atoms with Crippen molar-refractivity contribution in [2.45, 2.75) is 19.3 Å². The maximum absolute atomic E-state index is 6.88. The van der Waals surface area contributed by atoms with Gasteiger partial charge in [0.25, 0.3) is 5.88 Å². The summed E-state index contributed by atoms with van der Waals surface area (Å²) in [5, 5.41) is 0. The van der Waals surface area contributed by atoms with Crippen LogP contribution in [0, 0.1) is 6.20 Å². The fourth-order valence-corrected chi connectivity index (χ4v) is 8.21. The molecule has 0 spiro atoms. The number of hydrogen-bond acceptors (Lipinski definition) is 3. The molecule has 1 radical (unpaired) electrons. The van der Waals surface area contributed by atoms with Crippen LogP contribution >= 0.6 is 0 Å². The molecule has 11 rings (SSSR count). The van der Waals surface area contributed by atoms with Gasteiger partial charge in [-0.2, -0.15) is 4.40 Å². The van der Waals surface area contributed by atoms with E-state index in [0.29, 0.717) is 11.6 Å². The first-order valence-electron chi connectivity index (χ1n) is 16.8. The summed E-state index contributed by atoms with van der Waals surface area (Å²) in [5.41, 5.74) is 13.1. The predicted molar refractivity (Wildman–Crippen MR) is 196 cm³/mol. The molecule has 51 heavy (non-hydrogen) atoms. The van der Waals surface area contributed by atoms with Crippen molar-refractivity contribution in [2.75, 3.05) is 0 Å². The molecule has 0 N–H and O–H groups in total. The number of aromatic nitrogens is 6. The quantitative estimate of drug-likeness (QED) is 0.105. The van der Waals surface area contributed by atoms with Crippen LogP contribution in [0.4, 0.5) is 0 Å². The molecule has 0 unspecified atom stereocenters.